The summed E-state index contributed by atoms with van der Waals surface area (Å²) in [5, 5.41) is 16.5. The first-order valence-corrected chi connectivity index (χ1v) is 11.5. The molecule has 1 aromatic carbocycles. The van der Waals surface area contributed by atoms with Crippen LogP contribution in [0.1, 0.15) is 57.1 Å². The SMILES string of the molecule is CCNC(=NCC1(CCO)CCCCC1)NCC(c1ccc(OC)c(OC)c1)N(C)C.I. The molecule has 184 valence electrons. The second-order valence-electron chi connectivity index (χ2n) is 8.70. The summed E-state index contributed by atoms with van der Waals surface area (Å²) in [5.74, 6) is 2.29. The lowest BCUT2D eigenvalue weighted by atomic mass is 9.72. The first kappa shape index (κ1) is 28.8. The Hall–Kier alpha value is -1.26. The molecule has 0 aromatic heterocycles. The Kier molecular flexibility index (Phi) is 13.3. The lowest BCUT2D eigenvalue weighted by Gasteiger charge is -2.36. The predicted octanol–water partition coefficient (Wildman–Crippen LogP) is 3.81. The van der Waals surface area contributed by atoms with Crippen LogP contribution in [0.25, 0.3) is 0 Å². The number of benzene rings is 1. The molecule has 1 atom stereocenters. The smallest absolute Gasteiger partial charge is 0.191 e. The van der Waals surface area contributed by atoms with Gasteiger partial charge in [0.15, 0.2) is 17.5 Å². The van der Waals surface area contributed by atoms with Gasteiger partial charge in [0.25, 0.3) is 0 Å². The zero-order chi connectivity index (χ0) is 22.7. The third-order valence-electron chi connectivity index (χ3n) is 6.35. The number of aliphatic hydroxyl groups excluding tert-OH is 1. The van der Waals surface area contributed by atoms with Crippen LogP contribution >= 0.6 is 24.0 Å². The number of nitrogens with one attached hydrogen (secondary N) is 2. The molecular formula is C24H43IN4O3. The molecule has 3 N–H and O–H groups in total. The van der Waals surface area contributed by atoms with Crippen molar-refractivity contribution in [2.24, 2.45) is 10.4 Å². The molecule has 0 heterocycles. The molecule has 1 fully saturated rings. The molecule has 0 spiro atoms. The van der Waals surface area contributed by atoms with E-state index in [1.54, 1.807) is 14.2 Å². The second-order valence-corrected chi connectivity index (χ2v) is 8.70. The third-order valence-corrected chi connectivity index (χ3v) is 6.35. The van der Waals surface area contributed by atoms with Gasteiger partial charge in [0.05, 0.1) is 20.3 Å². The Labute approximate surface area is 211 Å². The Bertz CT molecular complexity index is 688. The second kappa shape index (κ2) is 14.8. The van der Waals surface area contributed by atoms with Crippen molar-refractivity contribution in [2.45, 2.75) is 51.5 Å². The summed E-state index contributed by atoms with van der Waals surface area (Å²) in [6.45, 7) is 4.59. The van der Waals surface area contributed by atoms with Gasteiger partial charge in [0.2, 0.25) is 0 Å². The van der Waals surface area contributed by atoms with Crippen molar-refractivity contribution < 1.29 is 14.6 Å². The van der Waals surface area contributed by atoms with Gasteiger partial charge < -0.3 is 30.1 Å². The van der Waals surface area contributed by atoms with E-state index in [9.17, 15) is 5.11 Å². The van der Waals surface area contributed by atoms with Crippen LogP contribution in [0.2, 0.25) is 0 Å². The first-order chi connectivity index (χ1) is 15.0. The van der Waals surface area contributed by atoms with Gasteiger partial charge in [-0.2, -0.15) is 0 Å². The summed E-state index contributed by atoms with van der Waals surface area (Å²) >= 11 is 0. The minimum Gasteiger partial charge on any atom is -0.493 e. The summed E-state index contributed by atoms with van der Waals surface area (Å²) < 4.78 is 10.9. The average Bonchev–Trinajstić information content (AvgIpc) is 2.78. The molecule has 0 radical (unpaired) electrons. The highest BCUT2D eigenvalue weighted by Gasteiger charge is 2.31. The Morgan fingerprint density at radius 1 is 1.12 bits per heavy atom. The molecule has 1 unspecified atom stereocenters. The van der Waals surface area contributed by atoms with E-state index in [1.807, 2.05) is 12.1 Å². The number of aliphatic imine (C=N–C) groups is 1. The number of aliphatic hydroxyl groups is 1. The van der Waals surface area contributed by atoms with Gasteiger partial charge in [-0.05, 0) is 63.4 Å². The van der Waals surface area contributed by atoms with Crippen LogP contribution in [0.3, 0.4) is 0 Å². The number of rotatable bonds is 11. The summed E-state index contributed by atoms with van der Waals surface area (Å²) in [6, 6.07) is 6.21. The van der Waals surface area contributed by atoms with Gasteiger partial charge in [-0.15, -0.1) is 24.0 Å². The maximum absolute atomic E-state index is 9.59. The summed E-state index contributed by atoms with van der Waals surface area (Å²) in [6.07, 6.45) is 6.92. The molecule has 7 nitrogen and oxygen atoms in total. The molecule has 1 saturated carbocycles. The lowest BCUT2D eigenvalue weighted by molar-refractivity contribution is 0.137. The minimum absolute atomic E-state index is 0. The van der Waals surface area contributed by atoms with Crippen molar-refractivity contribution >= 4 is 29.9 Å². The summed E-state index contributed by atoms with van der Waals surface area (Å²) in [5.41, 5.74) is 1.29. The van der Waals surface area contributed by atoms with Gasteiger partial charge in [0.1, 0.15) is 0 Å². The topological polar surface area (TPSA) is 78.4 Å². The molecule has 8 heteroatoms. The van der Waals surface area contributed by atoms with E-state index < -0.39 is 0 Å². The normalized spacial score (nSPS) is 16.8. The molecule has 1 aliphatic carbocycles. The molecule has 32 heavy (non-hydrogen) atoms. The maximum atomic E-state index is 9.59. The fourth-order valence-electron chi connectivity index (χ4n) is 4.47. The fourth-order valence-corrected chi connectivity index (χ4v) is 4.47. The van der Waals surface area contributed by atoms with E-state index in [0.29, 0.717) is 6.54 Å². The first-order valence-electron chi connectivity index (χ1n) is 11.5. The number of halogens is 1. The molecule has 0 aliphatic heterocycles. The molecule has 1 aromatic rings. The zero-order valence-electron chi connectivity index (χ0n) is 20.4. The number of hydrogen-bond donors (Lipinski definition) is 3. The van der Waals surface area contributed by atoms with Crippen LogP contribution in [0.5, 0.6) is 11.5 Å². The monoisotopic (exact) mass is 562 g/mol. The van der Waals surface area contributed by atoms with Crippen LogP contribution in [-0.2, 0) is 0 Å². The van der Waals surface area contributed by atoms with E-state index in [2.05, 4.69) is 42.6 Å². The molecule has 0 amide bonds. The highest BCUT2D eigenvalue weighted by Crippen LogP contribution is 2.39. The van der Waals surface area contributed by atoms with Gasteiger partial charge in [0, 0.05) is 26.2 Å². The largest absolute Gasteiger partial charge is 0.493 e. The van der Waals surface area contributed by atoms with Crippen LogP contribution in [0, 0.1) is 5.41 Å². The van der Waals surface area contributed by atoms with Crippen LogP contribution < -0.4 is 20.1 Å². The summed E-state index contributed by atoms with van der Waals surface area (Å²) in [4.78, 5) is 7.12. The minimum atomic E-state index is 0. The molecule has 0 saturated heterocycles. The standard InChI is InChI=1S/C24H42N4O3.HI/c1-6-25-23(27-18-24(14-15-29)12-8-7-9-13-24)26-17-20(28(2)3)19-10-11-21(30-4)22(16-19)31-5;/h10-11,16,20,29H,6-9,12-15,17-18H2,1-5H3,(H2,25,26,27);1H. The molecule has 0 bridgehead atoms. The number of likely N-dealkylation sites (N-methyl/N-ethyl adjacent to an activating group) is 1. The van der Waals surface area contributed by atoms with Crippen LogP contribution in [0.4, 0.5) is 0 Å². The highest BCUT2D eigenvalue weighted by molar-refractivity contribution is 14.0. The van der Waals surface area contributed by atoms with Gasteiger partial charge >= 0.3 is 0 Å². The van der Waals surface area contributed by atoms with E-state index in [1.165, 1.54) is 19.3 Å². The Morgan fingerprint density at radius 2 is 1.81 bits per heavy atom. The number of methoxy groups -OCH3 is 2. The number of hydrogen-bond acceptors (Lipinski definition) is 5. The molecule has 1 aliphatic rings. The third kappa shape index (κ3) is 8.26. The predicted molar refractivity (Wildman–Crippen MR) is 143 cm³/mol. The number of nitrogens with zero attached hydrogens (tertiary/aromatic N) is 2. The molecular weight excluding hydrogens is 519 g/mol. The van der Waals surface area contributed by atoms with Gasteiger partial charge in [-0.1, -0.05) is 25.3 Å². The van der Waals surface area contributed by atoms with Crippen molar-refractivity contribution in [3.05, 3.63) is 23.8 Å². The van der Waals surface area contributed by atoms with E-state index >= 15 is 0 Å². The van der Waals surface area contributed by atoms with Crippen molar-refractivity contribution in [3.8, 4) is 11.5 Å². The summed E-state index contributed by atoms with van der Waals surface area (Å²) in [7, 11) is 7.46. The van der Waals surface area contributed by atoms with E-state index in [0.717, 1.165) is 55.4 Å². The van der Waals surface area contributed by atoms with Crippen molar-refractivity contribution in [2.75, 3.05) is 54.6 Å². The van der Waals surface area contributed by atoms with E-state index in [4.69, 9.17) is 14.5 Å². The Morgan fingerprint density at radius 3 is 2.38 bits per heavy atom. The Balaban J connectivity index is 0.00000512. The maximum Gasteiger partial charge on any atom is 0.191 e. The molecule has 2 rings (SSSR count). The fraction of sp³-hybridized carbons (Fsp3) is 0.708. The van der Waals surface area contributed by atoms with Gasteiger partial charge in [-0.25, -0.2) is 0 Å². The zero-order valence-corrected chi connectivity index (χ0v) is 22.8. The van der Waals surface area contributed by atoms with Crippen molar-refractivity contribution in [1.29, 1.82) is 0 Å². The van der Waals surface area contributed by atoms with Crippen LogP contribution in [-0.4, -0.2) is 70.5 Å². The quantitative estimate of drug-likeness (QED) is 0.216. The van der Waals surface area contributed by atoms with Crippen LogP contribution in [0.15, 0.2) is 23.2 Å². The van der Waals surface area contributed by atoms with Crippen molar-refractivity contribution in [1.82, 2.24) is 15.5 Å². The highest BCUT2D eigenvalue weighted by atomic mass is 127. The van der Waals surface area contributed by atoms with E-state index in [-0.39, 0.29) is 42.0 Å². The number of ether oxygens (including phenoxy) is 2. The number of guanidine groups is 1. The van der Waals surface area contributed by atoms with Gasteiger partial charge in [-0.3, -0.25) is 4.99 Å². The van der Waals surface area contributed by atoms with Crippen molar-refractivity contribution in [3.63, 3.8) is 0 Å². The average molecular weight is 563 g/mol. The lowest BCUT2D eigenvalue weighted by Crippen LogP contribution is -2.42.